The first-order valence-corrected chi connectivity index (χ1v) is 8.22. The van der Waals surface area contributed by atoms with Gasteiger partial charge >= 0.3 is 11.9 Å². The molecule has 0 saturated heterocycles. The smallest absolute Gasteiger partial charge is 0.335 e. The van der Waals surface area contributed by atoms with Crippen LogP contribution in [-0.2, 0) is 24.1 Å². The fourth-order valence-electron chi connectivity index (χ4n) is 2.83. The molecule has 0 radical (unpaired) electrons. The summed E-state index contributed by atoms with van der Waals surface area (Å²) >= 11 is 1.43. The van der Waals surface area contributed by atoms with Crippen LogP contribution >= 0.6 is 11.8 Å². The predicted octanol–water partition coefficient (Wildman–Crippen LogP) is 3.65. The van der Waals surface area contributed by atoms with Gasteiger partial charge in [0.1, 0.15) is 0 Å². The zero-order valence-electron chi connectivity index (χ0n) is 12.4. The van der Waals surface area contributed by atoms with E-state index >= 15 is 0 Å². The highest BCUT2D eigenvalue weighted by Crippen LogP contribution is 2.34. The van der Waals surface area contributed by atoms with Gasteiger partial charge in [-0.15, -0.1) is 0 Å². The van der Waals surface area contributed by atoms with Crippen molar-refractivity contribution < 1.29 is 19.8 Å². The van der Waals surface area contributed by atoms with Gasteiger partial charge < -0.3 is 10.2 Å². The van der Waals surface area contributed by atoms with Crippen molar-refractivity contribution in [1.82, 2.24) is 0 Å². The summed E-state index contributed by atoms with van der Waals surface area (Å²) in [5.41, 5.74) is 3.51. The first-order valence-electron chi connectivity index (χ1n) is 7.40. The van der Waals surface area contributed by atoms with Crippen LogP contribution in [0.2, 0.25) is 0 Å². The van der Waals surface area contributed by atoms with Crippen molar-refractivity contribution in [3.63, 3.8) is 0 Å². The van der Waals surface area contributed by atoms with Crippen molar-refractivity contribution in [2.75, 3.05) is 0 Å². The van der Waals surface area contributed by atoms with Crippen LogP contribution in [0.25, 0.3) is 0 Å². The van der Waals surface area contributed by atoms with Gasteiger partial charge in [0.2, 0.25) is 0 Å². The molecule has 1 aliphatic rings. The Bertz CT molecular complexity index is 783. The second-order valence-corrected chi connectivity index (χ2v) is 6.70. The van der Waals surface area contributed by atoms with Gasteiger partial charge in [0.15, 0.2) is 0 Å². The Morgan fingerprint density at radius 2 is 1.78 bits per heavy atom. The average molecular weight is 328 g/mol. The number of carboxylic acids is 2. The fourth-order valence-corrected chi connectivity index (χ4v) is 3.88. The van der Waals surface area contributed by atoms with Crippen LogP contribution in [0.4, 0.5) is 0 Å². The molecule has 0 atom stereocenters. The molecule has 0 bridgehead atoms. The topological polar surface area (TPSA) is 74.6 Å². The minimum absolute atomic E-state index is 0.118. The van der Waals surface area contributed by atoms with E-state index in [1.54, 1.807) is 12.1 Å². The molecule has 0 saturated carbocycles. The van der Waals surface area contributed by atoms with Gasteiger partial charge in [-0.2, -0.15) is 0 Å². The Hall–Kier alpha value is -2.27. The summed E-state index contributed by atoms with van der Waals surface area (Å²) in [6, 6.07) is 10.9. The van der Waals surface area contributed by atoms with E-state index in [9.17, 15) is 9.59 Å². The summed E-state index contributed by atoms with van der Waals surface area (Å²) < 4.78 is 0. The minimum atomic E-state index is -1.01. The maximum Gasteiger partial charge on any atom is 0.335 e. The number of aliphatic carboxylic acids is 1. The lowest BCUT2D eigenvalue weighted by molar-refractivity contribution is -0.136. The van der Waals surface area contributed by atoms with E-state index in [-0.39, 0.29) is 12.0 Å². The number of aromatic carboxylic acids is 1. The number of fused-ring (bicyclic) bond motifs is 1. The molecule has 2 aromatic carbocycles. The first kappa shape index (κ1) is 15.6. The molecule has 0 aliphatic heterocycles. The zero-order chi connectivity index (χ0) is 16.4. The summed E-state index contributed by atoms with van der Waals surface area (Å²) in [7, 11) is 0. The number of hydrogen-bond acceptors (Lipinski definition) is 3. The highest BCUT2D eigenvalue weighted by Gasteiger charge is 2.15. The lowest BCUT2D eigenvalue weighted by atomic mass is 10.1. The van der Waals surface area contributed by atoms with Crippen molar-refractivity contribution in [3.8, 4) is 0 Å². The number of carboxylic acid groups (broad SMARTS) is 2. The van der Waals surface area contributed by atoms with E-state index in [1.165, 1.54) is 35.4 Å². The third-order valence-corrected chi connectivity index (χ3v) is 5.04. The fraction of sp³-hybridized carbons (Fsp3) is 0.222. The largest absolute Gasteiger partial charge is 0.481 e. The normalized spacial score (nSPS) is 12.9. The number of carbonyl (C=O) groups is 2. The van der Waals surface area contributed by atoms with Crippen molar-refractivity contribution in [1.29, 1.82) is 0 Å². The van der Waals surface area contributed by atoms with E-state index in [0.717, 1.165) is 17.7 Å². The molecule has 0 unspecified atom stereocenters. The highest BCUT2D eigenvalue weighted by atomic mass is 32.2. The van der Waals surface area contributed by atoms with Crippen molar-refractivity contribution in [3.05, 3.63) is 58.7 Å². The predicted molar refractivity (Wildman–Crippen MR) is 87.3 cm³/mol. The Balaban J connectivity index is 1.94. The van der Waals surface area contributed by atoms with E-state index in [4.69, 9.17) is 10.2 Å². The molecule has 0 spiro atoms. The summed E-state index contributed by atoms with van der Waals surface area (Å²) in [6.45, 7) is 0. The molecule has 0 heterocycles. The molecule has 0 fully saturated rings. The Morgan fingerprint density at radius 3 is 2.52 bits per heavy atom. The quantitative estimate of drug-likeness (QED) is 0.876. The molecule has 5 heteroatoms. The Kier molecular flexibility index (Phi) is 4.39. The summed E-state index contributed by atoms with van der Waals surface area (Å²) in [5.74, 6) is -1.94. The molecule has 2 aromatic rings. The van der Waals surface area contributed by atoms with Gasteiger partial charge in [0.05, 0.1) is 12.0 Å². The molecule has 3 rings (SSSR count). The van der Waals surface area contributed by atoms with Gasteiger partial charge in [-0.25, -0.2) is 4.79 Å². The summed E-state index contributed by atoms with van der Waals surface area (Å²) in [4.78, 5) is 23.9. The van der Waals surface area contributed by atoms with Crippen molar-refractivity contribution in [2.24, 2.45) is 0 Å². The molecule has 118 valence electrons. The molecule has 4 nitrogen and oxygen atoms in total. The van der Waals surface area contributed by atoms with Crippen LogP contribution in [-0.4, -0.2) is 22.2 Å². The van der Waals surface area contributed by atoms with E-state index < -0.39 is 11.9 Å². The zero-order valence-corrected chi connectivity index (χ0v) is 13.2. The molecule has 0 amide bonds. The SMILES string of the molecule is O=C(O)Cc1ccc(C(=O)O)cc1Sc1ccc2c(c1)CCC2. The standard InChI is InChI=1S/C18H16O4S/c19-17(20)10-13-4-5-14(18(21)22)9-16(13)23-15-7-6-11-2-1-3-12(11)8-15/h4-9H,1-3,10H2,(H,19,20)(H,21,22). The van der Waals surface area contributed by atoms with Crippen LogP contribution in [0.15, 0.2) is 46.2 Å². The molecule has 23 heavy (non-hydrogen) atoms. The number of benzene rings is 2. The lowest BCUT2D eigenvalue weighted by Crippen LogP contribution is -2.04. The average Bonchev–Trinajstić information content (AvgIpc) is 2.96. The van der Waals surface area contributed by atoms with Crippen LogP contribution in [0.5, 0.6) is 0 Å². The number of hydrogen-bond donors (Lipinski definition) is 2. The highest BCUT2D eigenvalue weighted by molar-refractivity contribution is 7.99. The van der Waals surface area contributed by atoms with Gasteiger partial charge in [-0.05, 0) is 60.2 Å². The third-order valence-electron chi connectivity index (χ3n) is 3.95. The van der Waals surface area contributed by atoms with Crippen molar-refractivity contribution in [2.45, 2.75) is 35.5 Å². The monoisotopic (exact) mass is 328 g/mol. The van der Waals surface area contributed by atoms with Gasteiger partial charge in [-0.1, -0.05) is 23.9 Å². The molecule has 0 aromatic heterocycles. The maximum atomic E-state index is 11.2. The van der Waals surface area contributed by atoms with Gasteiger partial charge in [0, 0.05) is 9.79 Å². The molecule has 2 N–H and O–H groups in total. The minimum Gasteiger partial charge on any atom is -0.481 e. The second kappa shape index (κ2) is 6.46. The van der Waals surface area contributed by atoms with Gasteiger partial charge in [-0.3, -0.25) is 4.79 Å². The maximum absolute atomic E-state index is 11.2. The van der Waals surface area contributed by atoms with E-state index in [0.29, 0.717) is 10.5 Å². The molecular formula is C18H16O4S. The van der Waals surface area contributed by atoms with Crippen LogP contribution in [0, 0.1) is 0 Å². The number of rotatable bonds is 5. The molecular weight excluding hydrogens is 312 g/mol. The Morgan fingerprint density at radius 1 is 1.00 bits per heavy atom. The Labute approximate surface area is 138 Å². The van der Waals surface area contributed by atoms with Crippen LogP contribution in [0.3, 0.4) is 0 Å². The van der Waals surface area contributed by atoms with E-state index in [1.807, 2.05) is 6.07 Å². The number of aryl methyl sites for hydroxylation is 2. The molecule has 1 aliphatic carbocycles. The second-order valence-electron chi connectivity index (χ2n) is 5.58. The van der Waals surface area contributed by atoms with E-state index in [2.05, 4.69) is 12.1 Å². The van der Waals surface area contributed by atoms with Crippen LogP contribution in [0.1, 0.15) is 33.5 Å². The van der Waals surface area contributed by atoms with Gasteiger partial charge in [0.25, 0.3) is 0 Å². The summed E-state index contributed by atoms with van der Waals surface area (Å²) in [6.07, 6.45) is 3.23. The van der Waals surface area contributed by atoms with Crippen molar-refractivity contribution >= 4 is 23.7 Å². The van der Waals surface area contributed by atoms with Crippen LogP contribution < -0.4 is 0 Å². The lowest BCUT2D eigenvalue weighted by Gasteiger charge is -2.10. The third kappa shape index (κ3) is 3.56. The first-order chi connectivity index (χ1) is 11.0. The summed E-state index contributed by atoms with van der Waals surface area (Å²) in [5, 5.41) is 18.2.